The van der Waals surface area contributed by atoms with Gasteiger partial charge in [-0.3, -0.25) is 9.36 Å². The van der Waals surface area contributed by atoms with Crippen LogP contribution in [0.15, 0.2) is 75.4 Å². The number of hydrogen-bond acceptors (Lipinski definition) is 10. The Balaban J connectivity index is 1.28. The van der Waals surface area contributed by atoms with Gasteiger partial charge in [0.1, 0.15) is 17.2 Å². The largest absolute Gasteiger partial charge is 0.432 e. The predicted molar refractivity (Wildman–Crippen MR) is 183 cm³/mol. The van der Waals surface area contributed by atoms with Gasteiger partial charge in [-0.2, -0.15) is 4.98 Å². The minimum Gasteiger partial charge on any atom is -0.432 e. The third-order valence-electron chi connectivity index (χ3n) is 9.28. The van der Waals surface area contributed by atoms with Crippen LogP contribution in [0.1, 0.15) is 50.8 Å². The summed E-state index contributed by atoms with van der Waals surface area (Å²) in [6.07, 6.45) is 5.50. The van der Waals surface area contributed by atoms with Gasteiger partial charge < -0.3 is 20.0 Å². The van der Waals surface area contributed by atoms with Crippen molar-refractivity contribution >= 4 is 38.2 Å². The van der Waals surface area contributed by atoms with E-state index in [0.29, 0.717) is 48.3 Å². The Morgan fingerprint density at radius 3 is 2.50 bits per heavy atom. The number of aromatic nitrogens is 4. The summed E-state index contributed by atoms with van der Waals surface area (Å²) >= 11 is 0. The number of sulfone groups is 1. The van der Waals surface area contributed by atoms with Crippen LogP contribution in [-0.2, 0) is 16.4 Å². The standard InChI is InChI=1S/C35H38FN7O4S/c1-21-8-4-7-11-27(21)28-14-24-16-37-35(40-25-12-13-31(29(36)15-25)42-17-22(2)39-23(3)18-42)41-32(24)43(33(28)44)19-30-34(47-20-38-30)48(45,46)26-9-5-6-10-26/h4,7-8,11-16,20,22-23,26,39H,5-6,9-10,17-19H2,1-3H3,(H,37,40,41). The molecule has 1 saturated heterocycles. The van der Waals surface area contributed by atoms with Crippen molar-refractivity contribution in [3.63, 3.8) is 0 Å². The molecular formula is C35H38FN7O4S. The van der Waals surface area contributed by atoms with E-state index in [2.05, 4.69) is 34.4 Å². The summed E-state index contributed by atoms with van der Waals surface area (Å²) in [5.74, 6) is -0.223. The van der Waals surface area contributed by atoms with Crippen LogP contribution >= 0.6 is 0 Å². The quantitative estimate of drug-likeness (QED) is 0.215. The monoisotopic (exact) mass is 671 g/mol. The summed E-state index contributed by atoms with van der Waals surface area (Å²) in [6.45, 7) is 7.28. The van der Waals surface area contributed by atoms with Gasteiger partial charge in [-0.1, -0.05) is 37.1 Å². The van der Waals surface area contributed by atoms with Gasteiger partial charge in [-0.15, -0.1) is 0 Å². The van der Waals surface area contributed by atoms with E-state index in [9.17, 15) is 13.2 Å². The number of rotatable bonds is 8. The van der Waals surface area contributed by atoms with Crippen LogP contribution in [0.4, 0.5) is 21.7 Å². The highest BCUT2D eigenvalue weighted by Gasteiger charge is 2.35. The number of piperazine rings is 1. The maximum Gasteiger partial charge on any atom is 0.260 e. The number of hydrogen-bond donors (Lipinski definition) is 2. The number of fused-ring (bicyclic) bond motifs is 1. The Morgan fingerprint density at radius 1 is 1.02 bits per heavy atom. The van der Waals surface area contributed by atoms with Crippen LogP contribution in [-0.4, -0.2) is 58.4 Å². The maximum absolute atomic E-state index is 15.4. The molecule has 7 rings (SSSR count). The number of oxazole rings is 1. The minimum absolute atomic E-state index is 0.134. The van der Waals surface area contributed by atoms with Crippen molar-refractivity contribution in [2.75, 3.05) is 23.3 Å². The Hall–Kier alpha value is -4.62. The molecule has 2 aromatic carbocycles. The normalized spacial score (nSPS) is 18.9. The van der Waals surface area contributed by atoms with Crippen LogP contribution < -0.4 is 21.1 Å². The smallest absolute Gasteiger partial charge is 0.260 e. The Kier molecular flexibility index (Phi) is 8.50. The molecule has 0 bridgehead atoms. The highest BCUT2D eigenvalue weighted by atomic mass is 32.2. The zero-order valence-corrected chi connectivity index (χ0v) is 27.9. The van der Waals surface area contributed by atoms with Crippen molar-refractivity contribution < 1.29 is 17.2 Å². The van der Waals surface area contributed by atoms with E-state index in [4.69, 9.17) is 9.40 Å². The van der Waals surface area contributed by atoms with Gasteiger partial charge in [-0.05, 0) is 69.0 Å². The summed E-state index contributed by atoms with van der Waals surface area (Å²) in [7, 11) is -3.78. The van der Waals surface area contributed by atoms with Gasteiger partial charge >= 0.3 is 0 Å². The van der Waals surface area contributed by atoms with E-state index in [0.717, 1.165) is 30.4 Å². The van der Waals surface area contributed by atoms with Crippen LogP contribution in [0.3, 0.4) is 0 Å². The van der Waals surface area contributed by atoms with Gasteiger partial charge in [-0.25, -0.2) is 22.8 Å². The van der Waals surface area contributed by atoms with Crippen LogP contribution in [0, 0.1) is 12.7 Å². The van der Waals surface area contributed by atoms with Crippen LogP contribution in [0.25, 0.3) is 22.2 Å². The lowest BCUT2D eigenvalue weighted by Gasteiger charge is -2.37. The molecule has 1 aliphatic heterocycles. The average molecular weight is 672 g/mol. The highest BCUT2D eigenvalue weighted by molar-refractivity contribution is 7.92. The molecule has 2 unspecified atom stereocenters. The number of benzene rings is 2. The first-order valence-corrected chi connectivity index (χ1v) is 17.8. The van der Waals surface area contributed by atoms with Crippen LogP contribution in [0.5, 0.6) is 0 Å². The van der Waals surface area contributed by atoms with Crippen molar-refractivity contribution in [2.45, 2.75) is 75.4 Å². The molecule has 5 aromatic rings. The molecule has 2 atom stereocenters. The molecule has 2 fully saturated rings. The second kappa shape index (κ2) is 12.8. The van der Waals surface area contributed by atoms with E-state index in [1.165, 1.54) is 10.6 Å². The topological polar surface area (TPSA) is 135 Å². The number of nitrogens with one attached hydrogen (secondary N) is 2. The molecule has 48 heavy (non-hydrogen) atoms. The van der Waals surface area contributed by atoms with Gasteiger partial charge in [0.25, 0.3) is 5.56 Å². The lowest BCUT2D eigenvalue weighted by atomic mass is 10.0. The molecule has 3 aromatic heterocycles. The van der Waals surface area contributed by atoms with E-state index in [1.807, 2.05) is 36.1 Å². The molecule has 0 amide bonds. The second-order valence-corrected chi connectivity index (χ2v) is 15.1. The first kappa shape index (κ1) is 32.0. The highest BCUT2D eigenvalue weighted by Crippen LogP contribution is 2.32. The van der Waals surface area contributed by atoms with Gasteiger partial charge in [0.05, 0.1) is 17.5 Å². The van der Waals surface area contributed by atoms with Crippen molar-refractivity contribution in [2.24, 2.45) is 0 Å². The molecule has 2 N–H and O–H groups in total. The van der Waals surface area contributed by atoms with Crippen LogP contribution in [0.2, 0.25) is 0 Å². The number of aryl methyl sites for hydroxylation is 1. The Morgan fingerprint density at radius 2 is 1.77 bits per heavy atom. The molecule has 250 valence electrons. The van der Waals surface area contributed by atoms with E-state index < -0.39 is 15.1 Å². The zero-order chi connectivity index (χ0) is 33.6. The SMILES string of the molecule is Cc1ccccc1-c1cc2cnc(Nc3ccc(N4CC(C)NC(C)C4)c(F)c3)nc2n(Cc2ncoc2S(=O)(=O)C2CCCC2)c1=O. The number of anilines is 3. The molecule has 0 radical (unpaired) electrons. The van der Waals surface area contributed by atoms with Gasteiger partial charge in [0.2, 0.25) is 20.9 Å². The van der Waals surface area contributed by atoms with E-state index in [-0.39, 0.29) is 52.4 Å². The third kappa shape index (κ3) is 6.08. The van der Waals surface area contributed by atoms with Gasteiger partial charge in [0.15, 0.2) is 6.39 Å². The molecule has 11 nitrogen and oxygen atoms in total. The molecule has 2 aliphatic rings. The zero-order valence-electron chi connectivity index (χ0n) is 27.1. The van der Waals surface area contributed by atoms with Crippen molar-refractivity contribution in [3.8, 4) is 11.1 Å². The number of nitrogens with zero attached hydrogens (tertiary/aromatic N) is 5. The summed E-state index contributed by atoms with van der Waals surface area (Å²) in [6, 6.07) is 14.7. The fraction of sp³-hybridized carbons (Fsp3) is 0.371. The fourth-order valence-electron chi connectivity index (χ4n) is 7.02. The molecule has 1 saturated carbocycles. The lowest BCUT2D eigenvalue weighted by Crippen LogP contribution is -2.54. The Labute approximate surface area is 278 Å². The summed E-state index contributed by atoms with van der Waals surface area (Å²) in [5, 5.41) is 6.34. The maximum atomic E-state index is 15.4. The minimum atomic E-state index is -3.78. The average Bonchev–Trinajstić information content (AvgIpc) is 3.76. The Bertz CT molecular complexity index is 2150. The van der Waals surface area contributed by atoms with Crippen molar-refractivity contribution in [1.29, 1.82) is 0 Å². The first-order chi connectivity index (χ1) is 23.1. The summed E-state index contributed by atoms with van der Waals surface area (Å²) in [4.78, 5) is 29.7. The number of halogens is 1. The molecule has 4 heterocycles. The molecule has 1 aliphatic carbocycles. The van der Waals surface area contributed by atoms with Crippen molar-refractivity contribution in [3.05, 3.63) is 88.5 Å². The first-order valence-electron chi connectivity index (χ1n) is 16.3. The molecule has 13 heteroatoms. The van der Waals surface area contributed by atoms with E-state index >= 15 is 4.39 Å². The van der Waals surface area contributed by atoms with E-state index in [1.54, 1.807) is 24.4 Å². The second-order valence-electron chi connectivity index (χ2n) is 12.9. The van der Waals surface area contributed by atoms with Gasteiger partial charge in [0, 0.05) is 48.0 Å². The van der Waals surface area contributed by atoms with Crippen molar-refractivity contribution in [1.82, 2.24) is 24.8 Å². The summed E-state index contributed by atoms with van der Waals surface area (Å²) in [5.41, 5.74) is 3.06. The predicted octanol–water partition coefficient (Wildman–Crippen LogP) is 5.59. The number of pyridine rings is 1. The molecular weight excluding hydrogens is 633 g/mol. The molecule has 0 spiro atoms. The lowest BCUT2D eigenvalue weighted by molar-refractivity contribution is 0.404. The third-order valence-corrected chi connectivity index (χ3v) is 11.5. The fourth-order valence-corrected chi connectivity index (χ4v) is 8.90. The summed E-state index contributed by atoms with van der Waals surface area (Å²) < 4.78 is 49.4.